The van der Waals surface area contributed by atoms with Gasteiger partial charge in [-0.05, 0) is 16.4 Å². The van der Waals surface area contributed by atoms with E-state index in [1.165, 1.54) is 0 Å². The van der Waals surface area contributed by atoms with Crippen LogP contribution in [-0.2, 0) is 0 Å². The van der Waals surface area contributed by atoms with Crippen LogP contribution in [0.4, 0.5) is 0 Å². The normalized spacial score (nSPS) is 8.31. The lowest BCUT2D eigenvalue weighted by Gasteiger charge is -1.93. The third-order valence-corrected chi connectivity index (χ3v) is 2.36. The monoisotopic (exact) mass is 322 g/mol. The molecule has 0 saturated carbocycles. The van der Waals surface area contributed by atoms with Crippen molar-refractivity contribution in [3.8, 4) is 21.7 Å². The van der Waals surface area contributed by atoms with Crippen molar-refractivity contribution in [2.24, 2.45) is 0 Å². The summed E-state index contributed by atoms with van der Waals surface area (Å²) in [5.41, 5.74) is 1.46. The van der Waals surface area contributed by atoms with Crippen LogP contribution in [0.15, 0.2) is 24.3 Å². The molecule has 0 aromatic heterocycles. The van der Waals surface area contributed by atoms with E-state index in [2.05, 4.69) is 21.7 Å². The molecule has 0 aliphatic carbocycles. The molecule has 0 spiro atoms. The first-order chi connectivity index (χ1) is 7.88. The number of halogens is 1. The predicted molar refractivity (Wildman–Crippen MR) is 74.4 cm³/mol. The largest absolute Gasteiger partial charge is 0.298 e. The highest BCUT2D eigenvalue weighted by Crippen LogP contribution is 2.04. The zero-order valence-electron chi connectivity index (χ0n) is 8.79. The molecule has 0 saturated heterocycles. The first-order valence-electron chi connectivity index (χ1n) is 5.00. The smallest absolute Gasteiger partial charge is 0.151 e. The number of carbonyl (C=O) groups excluding carboxylic acids is 1. The van der Waals surface area contributed by atoms with Gasteiger partial charge in [0, 0.05) is 46.6 Å². The maximum atomic E-state index is 10.7. The van der Waals surface area contributed by atoms with Crippen molar-refractivity contribution in [2.75, 3.05) is 0 Å². The van der Waals surface area contributed by atoms with Crippen molar-refractivity contribution in [3.63, 3.8) is 0 Å². The Balaban J connectivity index is 2.54. The maximum absolute atomic E-state index is 10.7. The van der Waals surface area contributed by atoms with Crippen LogP contribution in [-0.4, -0.2) is 6.29 Å². The third-order valence-electron chi connectivity index (χ3n) is 1.98. The van der Waals surface area contributed by atoms with Crippen LogP contribution in [0.5, 0.6) is 0 Å². The summed E-state index contributed by atoms with van der Waals surface area (Å²) in [6, 6.07) is 7.36. The summed E-state index contributed by atoms with van der Waals surface area (Å²) in [6.45, 7) is 0. The lowest BCUT2D eigenvalue weighted by Crippen LogP contribution is -1.85. The van der Waals surface area contributed by atoms with Crippen LogP contribution in [0.1, 0.15) is 35.2 Å². The number of benzene rings is 1. The Morgan fingerprint density at radius 3 is 2.69 bits per heavy atom. The highest BCUT2D eigenvalue weighted by Gasteiger charge is 1.94. The molecule has 16 heavy (non-hydrogen) atoms. The van der Waals surface area contributed by atoms with Gasteiger partial charge in [-0.25, -0.2) is 0 Å². The van der Waals surface area contributed by atoms with Crippen LogP contribution in [0.3, 0.4) is 0 Å². The molecule has 0 fully saturated rings. The Kier molecular flexibility index (Phi) is 6.37. The fourth-order valence-electron chi connectivity index (χ4n) is 1.18. The van der Waals surface area contributed by atoms with Crippen LogP contribution < -0.4 is 0 Å². The van der Waals surface area contributed by atoms with Gasteiger partial charge in [-0.2, -0.15) is 0 Å². The van der Waals surface area contributed by atoms with Gasteiger partial charge in [0.05, 0.1) is 0 Å². The fourth-order valence-corrected chi connectivity index (χ4v) is 1.45. The van der Waals surface area contributed by atoms with Crippen LogP contribution >= 0.6 is 22.6 Å². The second-order valence-electron chi connectivity index (χ2n) is 3.13. The summed E-state index contributed by atoms with van der Waals surface area (Å²) in [7, 11) is 0. The Bertz CT molecular complexity index is 469. The van der Waals surface area contributed by atoms with Crippen molar-refractivity contribution in [1.29, 1.82) is 0 Å². The summed E-state index contributed by atoms with van der Waals surface area (Å²) >= 11 is 2.03. The molecule has 0 aliphatic rings. The van der Waals surface area contributed by atoms with Gasteiger partial charge in [0.2, 0.25) is 0 Å². The van der Waals surface area contributed by atoms with Gasteiger partial charge in [0.25, 0.3) is 0 Å². The van der Waals surface area contributed by atoms with E-state index in [4.69, 9.17) is 0 Å². The molecule has 1 nitrogen and oxygen atoms in total. The second-order valence-corrected chi connectivity index (χ2v) is 3.67. The van der Waals surface area contributed by atoms with Crippen molar-refractivity contribution >= 4 is 28.9 Å². The topological polar surface area (TPSA) is 17.1 Å². The molecule has 2 heteroatoms. The SMILES string of the molecule is O=Cc1ccccc1C#CCCCC#CI. The fraction of sp³-hybridized carbons (Fsp3) is 0.214. The van der Waals surface area contributed by atoms with Gasteiger partial charge in [-0.15, -0.1) is 0 Å². The van der Waals surface area contributed by atoms with E-state index < -0.39 is 0 Å². The first-order valence-corrected chi connectivity index (χ1v) is 6.08. The first kappa shape index (κ1) is 12.8. The molecular formula is C14H11IO. The average molecular weight is 322 g/mol. The molecule has 1 rings (SSSR count). The van der Waals surface area contributed by atoms with Gasteiger partial charge < -0.3 is 0 Å². The van der Waals surface area contributed by atoms with E-state index in [1.807, 2.05) is 40.8 Å². The summed E-state index contributed by atoms with van der Waals surface area (Å²) in [5, 5.41) is 0. The number of aldehydes is 1. The van der Waals surface area contributed by atoms with E-state index in [-0.39, 0.29) is 0 Å². The summed E-state index contributed by atoms with van der Waals surface area (Å²) in [6.07, 6.45) is 3.52. The molecule has 0 aliphatic heterocycles. The average Bonchev–Trinajstić information content (AvgIpc) is 2.34. The van der Waals surface area contributed by atoms with Crippen LogP contribution in [0.25, 0.3) is 0 Å². The molecule has 0 bridgehead atoms. The summed E-state index contributed by atoms with van der Waals surface area (Å²) < 4.78 is 2.82. The maximum Gasteiger partial charge on any atom is 0.151 e. The number of carbonyl (C=O) groups is 1. The van der Waals surface area contributed by atoms with Gasteiger partial charge >= 0.3 is 0 Å². The zero-order valence-corrected chi connectivity index (χ0v) is 11.0. The van der Waals surface area contributed by atoms with Crippen molar-refractivity contribution in [3.05, 3.63) is 35.4 Å². The lowest BCUT2D eigenvalue weighted by molar-refractivity contribution is 0.112. The highest BCUT2D eigenvalue weighted by atomic mass is 127. The quantitative estimate of drug-likeness (QED) is 0.361. The molecule has 0 amide bonds. The van der Waals surface area contributed by atoms with E-state index in [9.17, 15) is 4.79 Å². The summed E-state index contributed by atoms with van der Waals surface area (Å²) in [5.74, 6) is 9.05. The zero-order chi connectivity index (χ0) is 11.6. The van der Waals surface area contributed by atoms with Crippen LogP contribution in [0, 0.1) is 21.7 Å². The van der Waals surface area contributed by atoms with Gasteiger partial charge in [-0.1, -0.05) is 36.0 Å². The molecule has 0 N–H and O–H groups in total. The standard InChI is InChI=1S/C14H11IO/c15-11-7-3-1-2-4-8-13-9-5-6-10-14(13)12-16/h5-6,9-10,12H,1-3H2. The Labute approximate surface area is 110 Å². The Morgan fingerprint density at radius 1 is 1.19 bits per heavy atom. The molecular weight excluding hydrogens is 311 g/mol. The second kappa shape index (κ2) is 7.96. The minimum atomic E-state index is 0.655. The lowest BCUT2D eigenvalue weighted by atomic mass is 10.1. The molecule has 1 aromatic rings. The predicted octanol–water partition coefficient (Wildman–Crippen LogP) is 3.42. The van der Waals surface area contributed by atoms with Crippen molar-refractivity contribution in [2.45, 2.75) is 19.3 Å². The molecule has 0 heterocycles. The van der Waals surface area contributed by atoms with Gasteiger partial charge in [-0.3, -0.25) is 4.79 Å². The van der Waals surface area contributed by atoms with Gasteiger partial charge in [0.15, 0.2) is 6.29 Å². The van der Waals surface area contributed by atoms with Crippen LogP contribution in [0.2, 0.25) is 0 Å². The van der Waals surface area contributed by atoms with E-state index in [0.29, 0.717) is 5.56 Å². The van der Waals surface area contributed by atoms with Crippen molar-refractivity contribution < 1.29 is 4.79 Å². The Morgan fingerprint density at radius 2 is 1.94 bits per heavy atom. The highest BCUT2D eigenvalue weighted by molar-refractivity contribution is 14.1. The molecule has 0 radical (unpaired) electrons. The Hall–Kier alpha value is -1.26. The molecule has 80 valence electrons. The van der Waals surface area contributed by atoms with E-state index in [1.54, 1.807) is 6.07 Å². The molecule has 1 aromatic carbocycles. The number of rotatable bonds is 3. The van der Waals surface area contributed by atoms with Gasteiger partial charge in [0.1, 0.15) is 0 Å². The molecule has 0 atom stereocenters. The minimum Gasteiger partial charge on any atom is -0.298 e. The number of hydrogen-bond donors (Lipinski definition) is 0. The van der Waals surface area contributed by atoms with Crippen molar-refractivity contribution in [1.82, 2.24) is 0 Å². The third kappa shape index (κ3) is 4.51. The number of unbranched alkanes of at least 4 members (excludes halogenated alkanes) is 2. The number of hydrogen-bond acceptors (Lipinski definition) is 1. The minimum absolute atomic E-state index is 0.655. The van der Waals surface area contributed by atoms with E-state index >= 15 is 0 Å². The van der Waals surface area contributed by atoms with E-state index in [0.717, 1.165) is 31.1 Å². The summed E-state index contributed by atoms with van der Waals surface area (Å²) in [4.78, 5) is 10.7. The molecule has 0 unspecified atom stereocenters.